The molecular weight excluding hydrogens is 338 g/mol. The molecule has 4 heteroatoms. The smallest absolute Gasteiger partial charge is 0.310 e. The van der Waals surface area contributed by atoms with Crippen molar-refractivity contribution in [2.45, 2.75) is 32.3 Å². The Bertz CT molecular complexity index is 866. The fourth-order valence-electron chi connectivity index (χ4n) is 4.90. The minimum atomic E-state index is -0.613. The number of fused-ring (bicyclic) bond motifs is 1. The quantitative estimate of drug-likeness (QED) is 0.853. The van der Waals surface area contributed by atoms with Crippen LogP contribution in [0.15, 0.2) is 48.5 Å². The third-order valence-corrected chi connectivity index (χ3v) is 6.51. The molecule has 0 amide bonds. The first-order valence-corrected chi connectivity index (χ1v) is 9.80. The van der Waals surface area contributed by atoms with E-state index in [1.54, 1.807) is 0 Å². The lowest BCUT2D eigenvalue weighted by Crippen LogP contribution is -2.58. The summed E-state index contributed by atoms with van der Waals surface area (Å²) in [4.78, 5) is 13.8. The maximum absolute atomic E-state index is 11.4. The molecule has 1 heterocycles. The predicted octanol–water partition coefficient (Wildman–Crippen LogP) is 3.53. The Labute approximate surface area is 159 Å². The highest BCUT2D eigenvalue weighted by Gasteiger charge is 2.55. The van der Waals surface area contributed by atoms with E-state index in [2.05, 4.69) is 35.2 Å². The van der Waals surface area contributed by atoms with E-state index >= 15 is 0 Å². The van der Waals surface area contributed by atoms with E-state index in [0.717, 1.165) is 51.1 Å². The predicted molar refractivity (Wildman–Crippen MR) is 103 cm³/mol. The van der Waals surface area contributed by atoms with Crippen LogP contribution in [0.25, 0.3) is 0 Å². The van der Waals surface area contributed by atoms with Gasteiger partial charge in [-0.05, 0) is 54.5 Å². The average molecular weight is 363 g/mol. The molecule has 2 aliphatic carbocycles. The average Bonchev–Trinajstić information content (AvgIpc) is 3.33. The Kier molecular flexibility index (Phi) is 3.80. The Morgan fingerprint density at radius 2 is 1.78 bits per heavy atom. The van der Waals surface area contributed by atoms with Gasteiger partial charge < -0.3 is 14.7 Å². The van der Waals surface area contributed by atoms with Crippen molar-refractivity contribution in [3.63, 3.8) is 0 Å². The SMILES string of the molecule is O=C(O)C1(CN2CC3(Cc4ccc(OCc5ccccc5)cc4C3)C2)CC1. The van der Waals surface area contributed by atoms with Crippen LogP contribution in [0, 0.1) is 10.8 Å². The zero-order chi connectivity index (χ0) is 18.5. The zero-order valence-corrected chi connectivity index (χ0v) is 15.5. The molecule has 1 spiro atoms. The van der Waals surface area contributed by atoms with Gasteiger partial charge in [0.2, 0.25) is 0 Å². The zero-order valence-electron chi connectivity index (χ0n) is 15.5. The van der Waals surface area contributed by atoms with Crippen LogP contribution in [-0.2, 0) is 24.2 Å². The van der Waals surface area contributed by atoms with Crippen molar-refractivity contribution >= 4 is 5.97 Å². The van der Waals surface area contributed by atoms with E-state index in [9.17, 15) is 9.90 Å². The second-order valence-corrected chi connectivity index (χ2v) is 8.79. The molecule has 1 aliphatic heterocycles. The van der Waals surface area contributed by atoms with Crippen LogP contribution in [0.1, 0.15) is 29.5 Å². The molecule has 0 radical (unpaired) electrons. The molecule has 2 fully saturated rings. The lowest BCUT2D eigenvalue weighted by Gasteiger charge is -2.49. The molecule has 140 valence electrons. The Morgan fingerprint density at radius 3 is 2.48 bits per heavy atom. The standard InChI is InChI=1S/C23H25NO3/c25-21(26)23(8-9-23)16-24-14-22(15-24)11-18-6-7-20(10-19(18)12-22)27-13-17-4-2-1-3-5-17/h1-7,10H,8-9,11-16H2,(H,25,26). The Morgan fingerprint density at radius 1 is 1.04 bits per heavy atom. The van der Waals surface area contributed by atoms with Crippen LogP contribution >= 0.6 is 0 Å². The first-order valence-electron chi connectivity index (χ1n) is 9.80. The molecule has 0 unspecified atom stereocenters. The summed E-state index contributed by atoms with van der Waals surface area (Å²) in [6, 6.07) is 16.7. The van der Waals surface area contributed by atoms with Crippen LogP contribution in [0.5, 0.6) is 5.75 Å². The Balaban J connectivity index is 1.19. The van der Waals surface area contributed by atoms with Crippen molar-refractivity contribution in [3.8, 4) is 5.75 Å². The molecule has 2 aromatic rings. The molecule has 2 aromatic carbocycles. The minimum absolute atomic E-state index is 0.314. The summed E-state index contributed by atoms with van der Waals surface area (Å²) in [5.41, 5.74) is 3.89. The summed E-state index contributed by atoms with van der Waals surface area (Å²) >= 11 is 0. The van der Waals surface area contributed by atoms with Crippen LogP contribution in [0.4, 0.5) is 0 Å². The topological polar surface area (TPSA) is 49.8 Å². The second kappa shape index (κ2) is 6.10. The summed E-state index contributed by atoms with van der Waals surface area (Å²) in [6.45, 7) is 3.37. The number of ether oxygens (including phenoxy) is 1. The van der Waals surface area contributed by atoms with Crippen LogP contribution in [-0.4, -0.2) is 35.6 Å². The Hall–Kier alpha value is -2.33. The van der Waals surface area contributed by atoms with E-state index in [1.165, 1.54) is 16.7 Å². The summed E-state index contributed by atoms with van der Waals surface area (Å²) < 4.78 is 5.98. The lowest BCUT2D eigenvalue weighted by molar-refractivity contribution is -0.145. The molecule has 3 aliphatic rings. The fourth-order valence-corrected chi connectivity index (χ4v) is 4.90. The highest BCUT2D eigenvalue weighted by atomic mass is 16.5. The first kappa shape index (κ1) is 16.8. The number of carbonyl (C=O) groups is 1. The van der Waals surface area contributed by atoms with Gasteiger partial charge >= 0.3 is 5.97 Å². The number of benzene rings is 2. The number of aliphatic carboxylic acids is 1. The lowest BCUT2D eigenvalue weighted by atomic mass is 9.76. The van der Waals surface area contributed by atoms with Crippen molar-refractivity contribution in [2.24, 2.45) is 10.8 Å². The number of hydrogen-bond donors (Lipinski definition) is 1. The number of rotatable bonds is 6. The fraction of sp³-hybridized carbons (Fsp3) is 0.435. The van der Waals surface area contributed by atoms with Gasteiger partial charge in [0.05, 0.1) is 5.41 Å². The van der Waals surface area contributed by atoms with Gasteiger partial charge in [-0.3, -0.25) is 4.79 Å². The number of carboxylic acid groups (broad SMARTS) is 1. The van der Waals surface area contributed by atoms with Gasteiger partial charge in [-0.1, -0.05) is 36.4 Å². The maximum atomic E-state index is 11.4. The van der Waals surface area contributed by atoms with Crippen molar-refractivity contribution in [3.05, 3.63) is 65.2 Å². The van der Waals surface area contributed by atoms with Crippen molar-refractivity contribution in [2.75, 3.05) is 19.6 Å². The normalized spacial score (nSPS) is 21.5. The van der Waals surface area contributed by atoms with Gasteiger partial charge in [-0.15, -0.1) is 0 Å². The number of hydrogen-bond acceptors (Lipinski definition) is 3. The first-order chi connectivity index (χ1) is 13.1. The third kappa shape index (κ3) is 3.12. The van der Waals surface area contributed by atoms with Gasteiger partial charge in [0, 0.05) is 25.0 Å². The van der Waals surface area contributed by atoms with Gasteiger partial charge in [-0.2, -0.15) is 0 Å². The van der Waals surface area contributed by atoms with Gasteiger partial charge in [0.1, 0.15) is 12.4 Å². The van der Waals surface area contributed by atoms with Crippen molar-refractivity contribution in [1.29, 1.82) is 0 Å². The molecule has 1 saturated heterocycles. The molecule has 0 atom stereocenters. The van der Waals surface area contributed by atoms with E-state index in [0.29, 0.717) is 12.0 Å². The largest absolute Gasteiger partial charge is 0.489 e. The number of nitrogens with zero attached hydrogens (tertiary/aromatic N) is 1. The van der Waals surface area contributed by atoms with Gasteiger partial charge in [-0.25, -0.2) is 0 Å². The van der Waals surface area contributed by atoms with Gasteiger partial charge in [0.15, 0.2) is 0 Å². The highest BCUT2D eigenvalue weighted by Crippen LogP contribution is 2.51. The summed E-state index contributed by atoms with van der Waals surface area (Å²) in [5.74, 6) is 0.326. The maximum Gasteiger partial charge on any atom is 0.310 e. The van der Waals surface area contributed by atoms with E-state index < -0.39 is 11.4 Å². The minimum Gasteiger partial charge on any atom is -0.489 e. The summed E-state index contributed by atoms with van der Waals surface area (Å²) in [6.07, 6.45) is 3.88. The molecule has 5 rings (SSSR count). The third-order valence-electron chi connectivity index (χ3n) is 6.51. The van der Waals surface area contributed by atoms with E-state index in [4.69, 9.17) is 4.74 Å². The number of carboxylic acids is 1. The number of likely N-dealkylation sites (tertiary alicyclic amines) is 1. The second-order valence-electron chi connectivity index (χ2n) is 8.79. The van der Waals surface area contributed by atoms with Gasteiger partial charge in [0.25, 0.3) is 0 Å². The molecule has 0 bridgehead atoms. The molecule has 4 nitrogen and oxygen atoms in total. The van der Waals surface area contributed by atoms with E-state index in [1.807, 2.05) is 18.2 Å². The summed E-state index contributed by atoms with van der Waals surface area (Å²) in [5, 5.41) is 9.39. The molecule has 1 N–H and O–H groups in total. The van der Waals surface area contributed by atoms with E-state index in [-0.39, 0.29) is 0 Å². The van der Waals surface area contributed by atoms with Crippen LogP contribution in [0.2, 0.25) is 0 Å². The molecule has 1 saturated carbocycles. The molecule has 27 heavy (non-hydrogen) atoms. The van der Waals surface area contributed by atoms with Crippen LogP contribution < -0.4 is 4.74 Å². The molecular formula is C23H25NO3. The summed E-state index contributed by atoms with van der Waals surface area (Å²) in [7, 11) is 0. The van der Waals surface area contributed by atoms with Crippen molar-refractivity contribution in [1.82, 2.24) is 4.90 Å². The van der Waals surface area contributed by atoms with Crippen molar-refractivity contribution < 1.29 is 14.6 Å². The molecule has 0 aromatic heterocycles. The highest BCUT2D eigenvalue weighted by molar-refractivity contribution is 5.78. The monoisotopic (exact) mass is 363 g/mol. The van der Waals surface area contributed by atoms with Crippen LogP contribution in [0.3, 0.4) is 0 Å².